The Morgan fingerprint density at radius 2 is 1.93 bits per heavy atom. The number of hydrogen-bond donors (Lipinski definition) is 0. The van der Waals surface area contributed by atoms with Crippen LogP contribution in [0.1, 0.15) is 5.56 Å². The lowest BCUT2D eigenvalue weighted by Crippen LogP contribution is -1.86. The van der Waals surface area contributed by atoms with E-state index in [1.165, 1.54) is 5.39 Å². The summed E-state index contributed by atoms with van der Waals surface area (Å²) >= 11 is 3.47. The van der Waals surface area contributed by atoms with E-state index in [-0.39, 0.29) is 0 Å². The first-order chi connectivity index (χ1) is 6.83. The molecule has 1 nitrogen and oxygen atoms in total. The second-order valence-corrected chi connectivity index (χ2v) is 3.94. The third-order valence-corrected chi connectivity index (χ3v) is 2.98. The first kappa shape index (κ1) is 9.23. The van der Waals surface area contributed by atoms with Crippen LogP contribution in [-0.4, -0.2) is 0 Å². The number of rotatable bonds is 1. The minimum Gasteiger partial charge on any atom is -0.198 e. The maximum absolute atomic E-state index is 8.73. The first-order valence-corrected chi connectivity index (χ1v) is 5.15. The molecule has 2 aromatic carbocycles. The molecule has 0 spiro atoms. The number of benzene rings is 2. The van der Waals surface area contributed by atoms with Gasteiger partial charge in [-0.15, -0.1) is 0 Å². The van der Waals surface area contributed by atoms with E-state index in [9.17, 15) is 0 Å². The Kier molecular flexibility index (Phi) is 2.51. The molecule has 2 rings (SSSR count). The van der Waals surface area contributed by atoms with E-state index in [0.29, 0.717) is 6.42 Å². The molecule has 2 aromatic rings. The second-order valence-electron chi connectivity index (χ2n) is 3.08. The van der Waals surface area contributed by atoms with E-state index in [1.807, 2.05) is 24.3 Å². The van der Waals surface area contributed by atoms with Crippen LogP contribution < -0.4 is 0 Å². The molecule has 2 heteroatoms. The van der Waals surface area contributed by atoms with Crippen LogP contribution in [-0.2, 0) is 6.42 Å². The summed E-state index contributed by atoms with van der Waals surface area (Å²) in [5, 5.41) is 11.1. The van der Waals surface area contributed by atoms with Crippen molar-refractivity contribution in [1.82, 2.24) is 0 Å². The number of hydrogen-bond acceptors (Lipinski definition) is 1. The third kappa shape index (κ3) is 1.51. The highest BCUT2D eigenvalue weighted by atomic mass is 79.9. The summed E-state index contributed by atoms with van der Waals surface area (Å²) in [7, 11) is 0. The van der Waals surface area contributed by atoms with Gasteiger partial charge < -0.3 is 0 Å². The quantitative estimate of drug-likeness (QED) is 0.753. The fraction of sp³-hybridized carbons (Fsp3) is 0.0833. The van der Waals surface area contributed by atoms with Gasteiger partial charge in [0, 0.05) is 4.47 Å². The molecule has 0 N–H and O–H groups in total. The Labute approximate surface area is 91.1 Å². The molecular formula is C12H8BrN. The van der Waals surface area contributed by atoms with E-state index in [2.05, 4.69) is 34.1 Å². The van der Waals surface area contributed by atoms with Crippen molar-refractivity contribution in [2.24, 2.45) is 0 Å². The van der Waals surface area contributed by atoms with E-state index in [4.69, 9.17) is 5.26 Å². The molecule has 0 aliphatic heterocycles. The summed E-state index contributed by atoms with van der Waals surface area (Å²) in [6.45, 7) is 0. The fourth-order valence-electron chi connectivity index (χ4n) is 1.57. The molecule has 0 aromatic heterocycles. The van der Waals surface area contributed by atoms with Crippen molar-refractivity contribution < 1.29 is 0 Å². The van der Waals surface area contributed by atoms with E-state index >= 15 is 0 Å². The van der Waals surface area contributed by atoms with Crippen LogP contribution in [0.4, 0.5) is 0 Å². The molecule has 14 heavy (non-hydrogen) atoms. The standard InChI is InChI=1S/C12H8BrN/c13-12-6-5-9-3-1-2-4-10(9)11(12)7-8-14/h1-6H,7H2. The van der Waals surface area contributed by atoms with Gasteiger partial charge in [0.05, 0.1) is 12.5 Å². The zero-order valence-corrected chi connectivity index (χ0v) is 9.08. The monoisotopic (exact) mass is 245 g/mol. The van der Waals surface area contributed by atoms with Crippen LogP contribution in [0.15, 0.2) is 40.9 Å². The van der Waals surface area contributed by atoms with Gasteiger partial charge in [0.1, 0.15) is 0 Å². The largest absolute Gasteiger partial charge is 0.198 e. The van der Waals surface area contributed by atoms with E-state index in [0.717, 1.165) is 15.4 Å². The van der Waals surface area contributed by atoms with Gasteiger partial charge in [-0.05, 0) is 22.4 Å². The van der Waals surface area contributed by atoms with Crippen LogP contribution in [0, 0.1) is 11.3 Å². The smallest absolute Gasteiger partial charge is 0.0670 e. The zero-order valence-electron chi connectivity index (χ0n) is 7.50. The summed E-state index contributed by atoms with van der Waals surface area (Å²) < 4.78 is 1.01. The maximum Gasteiger partial charge on any atom is 0.0670 e. The SMILES string of the molecule is N#CCc1c(Br)ccc2ccccc12. The Balaban J connectivity index is 2.77. The third-order valence-electron chi connectivity index (χ3n) is 2.24. The van der Waals surface area contributed by atoms with Gasteiger partial charge in [-0.1, -0.05) is 46.3 Å². The Morgan fingerprint density at radius 3 is 2.71 bits per heavy atom. The average molecular weight is 246 g/mol. The van der Waals surface area contributed by atoms with E-state index < -0.39 is 0 Å². The van der Waals surface area contributed by atoms with Crippen LogP contribution >= 0.6 is 15.9 Å². The van der Waals surface area contributed by atoms with Crippen molar-refractivity contribution >= 4 is 26.7 Å². The second kappa shape index (κ2) is 3.81. The zero-order chi connectivity index (χ0) is 9.97. The van der Waals surface area contributed by atoms with Crippen molar-refractivity contribution in [3.8, 4) is 6.07 Å². The highest BCUT2D eigenvalue weighted by molar-refractivity contribution is 9.10. The predicted octanol–water partition coefficient (Wildman–Crippen LogP) is 3.67. The molecule has 0 fully saturated rings. The van der Waals surface area contributed by atoms with E-state index in [1.54, 1.807) is 0 Å². The molecule has 0 unspecified atom stereocenters. The Morgan fingerprint density at radius 1 is 1.14 bits per heavy atom. The minimum absolute atomic E-state index is 0.446. The van der Waals surface area contributed by atoms with Gasteiger partial charge in [0.2, 0.25) is 0 Å². The fourth-order valence-corrected chi connectivity index (χ4v) is 2.05. The predicted molar refractivity (Wildman–Crippen MR) is 61.0 cm³/mol. The van der Waals surface area contributed by atoms with Gasteiger partial charge >= 0.3 is 0 Å². The van der Waals surface area contributed by atoms with Crippen LogP contribution in [0.2, 0.25) is 0 Å². The summed E-state index contributed by atoms with van der Waals surface area (Å²) in [4.78, 5) is 0. The molecule has 0 aliphatic carbocycles. The summed E-state index contributed by atoms with van der Waals surface area (Å²) in [5.74, 6) is 0. The molecule has 0 saturated carbocycles. The average Bonchev–Trinajstić information content (AvgIpc) is 2.23. The molecule has 0 aliphatic rings. The van der Waals surface area contributed by atoms with Gasteiger partial charge in [-0.25, -0.2) is 0 Å². The number of fused-ring (bicyclic) bond motifs is 1. The molecule has 0 heterocycles. The first-order valence-electron chi connectivity index (χ1n) is 4.36. The molecule has 0 saturated heterocycles. The summed E-state index contributed by atoms with van der Waals surface area (Å²) in [6, 6.07) is 14.3. The van der Waals surface area contributed by atoms with Gasteiger partial charge in [-0.2, -0.15) is 5.26 Å². The molecule has 68 valence electrons. The minimum atomic E-state index is 0.446. The summed E-state index contributed by atoms with van der Waals surface area (Å²) in [5.41, 5.74) is 1.07. The van der Waals surface area contributed by atoms with Crippen molar-refractivity contribution in [1.29, 1.82) is 5.26 Å². The number of nitriles is 1. The van der Waals surface area contributed by atoms with Gasteiger partial charge in [0.15, 0.2) is 0 Å². The molecule has 0 amide bonds. The lowest BCUT2D eigenvalue weighted by molar-refractivity contribution is 1.27. The topological polar surface area (TPSA) is 23.8 Å². The summed E-state index contributed by atoms with van der Waals surface area (Å²) in [6.07, 6.45) is 0.446. The van der Waals surface area contributed by atoms with Crippen molar-refractivity contribution in [3.63, 3.8) is 0 Å². The van der Waals surface area contributed by atoms with Crippen molar-refractivity contribution in [2.75, 3.05) is 0 Å². The van der Waals surface area contributed by atoms with Gasteiger partial charge in [-0.3, -0.25) is 0 Å². The molecule has 0 atom stereocenters. The molecular weight excluding hydrogens is 238 g/mol. The normalized spacial score (nSPS) is 10.0. The highest BCUT2D eigenvalue weighted by Gasteiger charge is 2.04. The maximum atomic E-state index is 8.73. The van der Waals surface area contributed by atoms with Crippen molar-refractivity contribution in [2.45, 2.75) is 6.42 Å². The molecule has 0 bridgehead atoms. The Bertz CT molecular complexity index is 511. The number of halogens is 1. The van der Waals surface area contributed by atoms with Crippen LogP contribution in [0.5, 0.6) is 0 Å². The lowest BCUT2D eigenvalue weighted by Gasteiger charge is -2.05. The Hall–Kier alpha value is -1.33. The highest BCUT2D eigenvalue weighted by Crippen LogP contribution is 2.26. The van der Waals surface area contributed by atoms with Crippen LogP contribution in [0.25, 0.3) is 10.8 Å². The number of nitrogens with zero attached hydrogens (tertiary/aromatic N) is 1. The van der Waals surface area contributed by atoms with Crippen molar-refractivity contribution in [3.05, 3.63) is 46.4 Å². The van der Waals surface area contributed by atoms with Gasteiger partial charge in [0.25, 0.3) is 0 Å². The molecule has 0 radical (unpaired) electrons. The van der Waals surface area contributed by atoms with Crippen LogP contribution in [0.3, 0.4) is 0 Å². The lowest BCUT2D eigenvalue weighted by atomic mass is 10.0.